The molecule has 3 N–H and O–H groups in total. The summed E-state index contributed by atoms with van der Waals surface area (Å²) in [6, 6.07) is 5.42. The predicted octanol–water partition coefficient (Wildman–Crippen LogP) is 1.55. The Bertz CT molecular complexity index is 1160. The number of pyridine rings is 1. The highest BCUT2D eigenvalue weighted by molar-refractivity contribution is 6.23. The minimum atomic E-state index is -0.981. The van der Waals surface area contributed by atoms with E-state index in [1.165, 1.54) is 0 Å². The molecule has 0 bridgehead atoms. The Balaban J connectivity index is 1.33. The Morgan fingerprint density at radius 3 is 2.70 bits per heavy atom. The zero-order chi connectivity index (χ0) is 23.5. The largest absolute Gasteiger partial charge is 0.338 e. The monoisotopic (exact) mass is 449 g/mol. The van der Waals surface area contributed by atoms with Gasteiger partial charge in [0.15, 0.2) is 0 Å². The van der Waals surface area contributed by atoms with E-state index in [2.05, 4.69) is 20.9 Å². The van der Waals surface area contributed by atoms with Crippen LogP contribution in [-0.2, 0) is 16.0 Å². The molecule has 6 amide bonds. The number of fused-ring (bicyclic) bond motifs is 1. The number of rotatable bonds is 6. The van der Waals surface area contributed by atoms with Crippen molar-refractivity contribution in [2.75, 3.05) is 11.9 Å². The second-order valence-electron chi connectivity index (χ2n) is 8.00. The lowest BCUT2D eigenvalue weighted by molar-refractivity contribution is -0.136. The molecule has 0 saturated carbocycles. The lowest BCUT2D eigenvalue weighted by atomic mass is 10.0. The molecule has 0 aliphatic carbocycles. The Kier molecular flexibility index (Phi) is 6.16. The van der Waals surface area contributed by atoms with Gasteiger partial charge in [-0.3, -0.25) is 34.4 Å². The average Bonchev–Trinajstić information content (AvgIpc) is 3.03. The van der Waals surface area contributed by atoms with E-state index in [0.717, 1.165) is 16.0 Å². The highest BCUT2D eigenvalue weighted by Gasteiger charge is 2.44. The number of carbonyl (C=O) groups excluding carboxylic acids is 5. The molecule has 3 heterocycles. The van der Waals surface area contributed by atoms with Crippen LogP contribution in [0.5, 0.6) is 0 Å². The summed E-state index contributed by atoms with van der Waals surface area (Å²) in [4.78, 5) is 66.1. The number of nitrogens with zero attached hydrogens (tertiary/aromatic N) is 2. The molecule has 0 spiro atoms. The molecule has 10 nitrogen and oxygen atoms in total. The van der Waals surface area contributed by atoms with Crippen molar-refractivity contribution >= 4 is 35.3 Å². The van der Waals surface area contributed by atoms with Crippen LogP contribution in [0.3, 0.4) is 0 Å². The van der Waals surface area contributed by atoms with Crippen LogP contribution >= 0.6 is 0 Å². The molecule has 1 unspecified atom stereocenters. The molecule has 1 saturated heterocycles. The number of aromatic nitrogens is 1. The number of anilines is 1. The summed E-state index contributed by atoms with van der Waals surface area (Å²) in [5.74, 6) is -2.10. The molecule has 2 aliphatic rings. The number of hydrogen-bond donors (Lipinski definition) is 3. The zero-order valence-electron chi connectivity index (χ0n) is 18.0. The van der Waals surface area contributed by atoms with E-state index in [1.54, 1.807) is 36.7 Å². The minimum absolute atomic E-state index is 0.0797. The van der Waals surface area contributed by atoms with Gasteiger partial charge < -0.3 is 10.6 Å². The fourth-order valence-electron chi connectivity index (χ4n) is 3.95. The molecule has 1 aromatic heterocycles. The van der Waals surface area contributed by atoms with Crippen LogP contribution in [0.2, 0.25) is 0 Å². The highest BCUT2D eigenvalue weighted by atomic mass is 16.2. The first-order valence-corrected chi connectivity index (χ1v) is 10.6. The number of imide groups is 2. The van der Waals surface area contributed by atoms with E-state index >= 15 is 0 Å². The Hall–Kier alpha value is -4.08. The SMILES string of the molecule is Cc1cnccc1NC(=O)NCCCc1ccc2c(c1)C(=O)N(C1CCC(=O)NC1=O)C2=O. The van der Waals surface area contributed by atoms with Gasteiger partial charge in [-0.2, -0.15) is 0 Å². The zero-order valence-corrected chi connectivity index (χ0v) is 18.0. The molecule has 0 radical (unpaired) electrons. The van der Waals surface area contributed by atoms with Gasteiger partial charge in [0.2, 0.25) is 11.8 Å². The second kappa shape index (κ2) is 9.19. The molecule has 1 atom stereocenters. The van der Waals surface area contributed by atoms with Crippen molar-refractivity contribution in [1.29, 1.82) is 0 Å². The van der Waals surface area contributed by atoms with Crippen LogP contribution in [0.1, 0.15) is 51.1 Å². The van der Waals surface area contributed by atoms with Gasteiger partial charge in [0.25, 0.3) is 11.8 Å². The maximum Gasteiger partial charge on any atom is 0.319 e. The Labute approximate surface area is 189 Å². The van der Waals surface area contributed by atoms with Crippen molar-refractivity contribution < 1.29 is 24.0 Å². The van der Waals surface area contributed by atoms with Crippen LogP contribution in [0, 0.1) is 6.92 Å². The third kappa shape index (κ3) is 4.59. The maximum absolute atomic E-state index is 12.9. The molecule has 2 aliphatic heterocycles. The van der Waals surface area contributed by atoms with E-state index in [-0.39, 0.29) is 30.0 Å². The molecule has 1 aromatic carbocycles. The van der Waals surface area contributed by atoms with E-state index in [4.69, 9.17) is 0 Å². The number of amides is 6. The molecule has 4 rings (SSSR count). The van der Waals surface area contributed by atoms with Gasteiger partial charge in [-0.15, -0.1) is 0 Å². The number of aryl methyl sites for hydroxylation is 2. The van der Waals surface area contributed by atoms with E-state index < -0.39 is 29.7 Å². The van der Waals surface area contributed by atoms with Gasteiger partial charge in [0, 0.05) is 31.0 Å². The van der Waals surface area contributed by atoms with Gasteiger partial charge in [0.1, 0.15) is 6.04 Å². The van der Waals surface area contributed by atoms with Gasteiger partial charge in [-0.05, 0) is 55.5 Å². The van der Waals surface area contributed by atoms with Crippen molar-refractivity contribution in [1.82, 2.24) is 20.5 Å². The van der Waals surface area contributed by atoms with Crippen molar-refractivity contribution in [2.45, 2.75) is 38.6 Å². The smallest absolute Gasteiger partial charge is 0.319 e. The number of urea groups is 1. The summed E-state index contributed by atoms with van der Waals surface area (Å²) in [5, 5.41) is 7.73. The molecule has 2 aromatic rings. The van der Waals surface area contributed by atoms with Crippen LogP contribution in [0.4, 0.5) is 10.5 Å². The van der Waals surface area contributed by atoms with Crippen LogP contribution in [0.15, 0.2) is 36.7 Å². The Morgan fingerprint density at radius 2 is 1.94 bits per heavy atom. The fraction of sp³-hybridized carbons (Fsp3) is 0.304. The maximum atomic E-state index is 12.9. The third-order valence-corrected chi connectivity index (χ3v) is 5.70. The van der Waals surface area contributed by atoms with Gasteiger partial charge in [-0.1, -0.05) is 6.07 Å². The lowest BCUT2D eigenvalue weighted by Gasteiger charge is -2.27. The number of benzene rings is 1. The number of carbonyl (C=O) groups is 5. The standard InChI is InChI=1S/C23H23N5O5/c1-13-12-24-10-8-17(13)26-23(33)25-9-2-3-14-4-5-15-16(11-14)22(32)28(21(15)31)18-6-7-19(29)27-20(18)30/h4-5,8,10-12,18H,2-3,6-7,9H2,1H3,(H,27,29,30)(H2,24,25,26,33). The molecule has 33 heavy (non-hydrogen) atoms. The van der Waals surface area contributed by atoms with Crippen molar-refractivity contribution in [3.05, 3.63) is 58.9 Å². The van der Waals surface area contributed by atoms with Crippen molar-refractivity contribution in [3.63, 3.8) is 0 Å². The summed E-state index contributed by atoms with van der Waals surface area (Å²) in [6.45, 7) is 2.27. The first-order chi connectivity index (χ1) is 15.8. The van der Waals surface area contributed by atoms with E-state index in [9.17, 15) is 24.0 Å². The summed E-state index contributed by atoms with van der Waals surface area (Å²) < 4.78 is 0. The molecule has 1 fully saturated rings. The summed E-state index contributed by atoms with van der Waals surface area (Å²) in [5.41, 5.74) is 2.88. The minimum Gasteiger partial charge on any atom is -0.338 e. The fourth-order valence-corrected chi connectivity index (χ4v) is 3.95. The highest BCUT2D eigenvalue weighted by Crippen LogP contribution is 2.28. The normalized spacial score (nSPS) is 17.6. The predicted molar refractivity (Wildman–Crippen MR) is 117 cm³/mol. The molecular formula is C23H23N5O5. The van der Waals surface area contributed by atoms with Crippen molar-refractivity contribution in [3.8, 4) is 0 Å². The first kappa shape index (κ1) is 22.1. The summed E-state index contributed by atoms with van der Waals surface area (Å²) >= 11 is 0. The molecule has 170 valence electrons. The van der Waals surface area contributed by atoms with Crippen LogP contribution in [0.25, 0.3) is 0 Å². The summed E-state index contributed by atoms with van der Waals surface area (Å²) in [7, 11) is 0. The third-order valence-electron chi connectivity index (χ3n) is 5.70. The van der Waals surface area contributed by atoms with Gasteiger partial charge >= 0.3 is 6.03 Å². The molecular weight excluding hydrogens is 426 g/mol. The summed E-state index contributed by atoms with van der Waals surface area (Å²) in [6.07, 6.45) is 4.68. The van der Waals surface area contributed by atoms with Crippen LogP contribution in [-0.4, -0.2) is 52.1 Å². The van der Waals surface area contributed by atoms with Crippen LogP contribution < -0.4 is 16.0 Å². The number of nitrogens with one attached hydrogen (secondary N) is 3. The number of piperidine rings is 1. The average molecular weight is 449 g/mol. The van der Waals surface area contributed by atoms with E-state index in [0.29, 0.717) is 25.1 Å². The quantitative estimate of drug-likeness (QED) is 0.452. The van der Waals surface area contributed by atoms with Gasteiger partial charge in [0.05, 0.1) is 11.1 Å². The number of hydrogen-bond acceptors (Lipinski definition) is 6. The topological polar surface area (TPSA) is 138 Å². The van der Waals surface area contributed by atoms with Gasteiger partial charge in [-0.25, -0.2) is 4.79 Å². The molecule has 10 heteroatoms. The van der Waals surface area contributed by atoms with Crippen molar-refractivity contribution in [2.24, 2.45) is 0 Å². The second-order valence-corrected chi connectivity index (χ2v) is 8.00. The lowest BCUT2D eigenvalue weighted by Crippen LogP contribution is -2.54. The first-order valence-electron chi connectivity index (χ1n) is 10.6. The Morgan fingerprint density at radius 1 is 1.15 bits per heavy atom. The van der Waals surface area contributed by atoms with E-state index in [1.807, 2.05) is 6.92 Å².